The van der Waals surface area contributed by atoms with Crippen LogP contribution < -0.4 is 0 Å². The smallest absolute Gasteiger partial charge is 0.168 e. The molecular formula is C10H9NO2S2. The van der Waals surface area contributed by atoms with E-state index in [1.54, 1.807) is 35.7 Å². The molecule has 2 aromatic rings. The zero-order valence-electron chi connectivity index (χ0n) is 8.01. The van der Waals surface area contributed by atoms with E-state index in [0.717, 1.165) is 15.4 Å². The van der Waals surface area contributed by atoms with Gasteiger partial charge in [-0.05, 0) is 24.6 Å². The van der Waals surface area contributed by atoms with Gasteiger partial charge in [-0.3, -0.25) is 0 Å². The summed E-state index contributed by atoms with van der Waals surface area (Å²) in [5, 5.41) is 0.974. The summed E-state index contributed by atoms with van der Waals surface area (Å²) in [6.45, 7) is 1.92. The van der Waals surface area contributed by atoms with Crippen molar-refractivity contribution >= 4 is 22.0 Å². The molecule has 0 amide bonds. The molecule has 2 rings (SSSR count). The molecule has 1 aromatic carbocycles. The second kappa shape index (κ2) is 4.12. The van der Waals surface area contributed by atoms with Gasteiger partial charge in [0, 0.05) is 6.20 Å². The van der Waals surface area contributed by atoms with E-state index >= 15 is 0 Å². The van der Waals surface area contributed by atoms with Crippen molar-refractivity contribution in [1.29, 1.82) is 0 Å². The minimum absolute atomic E-state index is 0.341. The van der Waals surface area contributed by atoms with E-state index in [0.29, 0.717) is 4.90 Å². The number of aryl methyl sites for hydroxylation is 1. The fourth-order valence-corrected chi connectivity index (χ4v) is 2.49. The van der Waals surface area contributed by atoms with E-state index < -0.39 is 10.7 Å². The highest BCUT2D eigenvalue weighted by atomic mass is 32.2. The van der Waals surface area contributed by atoms with Crippen molar-refractivity contribution in [3.05, 3.63) is 35.5 Å². The Morgan fingerprint density at radius 1 is 1.33 bits per heavy atom. The first-order chi connectivity index (χ1) is 7.16. The van der Waals surface area contributed by atoms with Crippen molar-refractivity contribution in [2.75, 3.05) is 0 Å². The lowest BCUT2D eigenvalue weighted by Gasteiger charge is -1.96. The topological polar surface area (TPSA) is 47.0 Å². The lowest BCUT2D eigenvalue weighted by molar-refractivity contribution is 0.614. The Balaban J connectivity index is 2.49. The van der Waals surface area contributed by atoms with E-state index in [4.69, 9.17) is 0 Å². The highest BCUT2D eigenvalue weighted by molar-refractivity contribution is 7.72. The van der Waals surface area contributed by atoms with Crippen LogP contribution in [0.2, 0.25) is 0 Å². The van der Waals surface area contributed by atoms with Gasteiger partial charge in [0.15, 0.2) is 10.7 Å². The van der Waals surface area contributed by atoms with Gasteiger partial charge in [0.1, 0.15) is 0 Å². The maximum Gasteiger partial charge on any atom is 0.168 e. The third-order valence-corrected chi connectivity index (χ3v) is 3.62. The molecule has 1 aromatic heterocycles. The van der Waals surface area contributed by atoms with E-state index in [9.17, 15) is 8.42 Å². The molecular weight excluding hydrogens is 230 g/mol. The molecule has 1 heterocycles. The Bertz CT molecular complexity index is 550. The summed E-state index contributed by atoms with van der Waals surface area (Å²) in [5.41, 5.74) is 0.900. The lowest BCUT2D eigenvalue weighted by Crippen LogP contribution is -1.80. The first-order valence-corrected chi connectivity index (χ1v) is 6.33. The lowest BCUT2D eigenvalue weighted by atomic mass is 10.2. The first kappa shape index (κ1) is 10.3. The zero-order chi connectivity index (χ0) is 10.8. The van der Waals surface area contributed by atoms with Crippen LogP contribution in [0.15, 0.2) is 35.4 Å². The Kier molecular flexibility index (Phi) is 2.83. The molecule has 0 spiro atoms. The summed E-state index contributed by atoms with van der Waals surface area (Å²) >= 11 is 1.55. The molecule has 0 atom stereocenters. The molecule has 0 aliphatic heterocycles. The quantitative estimate of drug-likeness (QED) is 0.816. The highest BCUT2D eigenvalue weighted by Gasteiger charge is 2.03. The van der Waals surface area contributed by atoms with Crippen LogP contribution in [0.4, 0.5) is 0 Å². The van der Waals surface area contributed by atoms with Gasteiger partial charge in [-0.1, -0.05) is 12.1 Å². The molecule has 0 N–H and O–H groups in total. The van der Waals surface area contributed by atoms with Crippen molar-refractivity contribution in [1.82, 2.24) is 4.98 Å². The Morgan fingerprint density at radius 2 is 2.13 bits per heavy atom. The molecule has 0 saturated heterocycles. The predicted octanol–water partition coefficient (Wildman–Crippen LogP) is 2.09. The molecule has 0 bridgehead atoms. The average Bonchev–Trinajstić information content (AvgIpc) is 2.65. The number of thiol groups is 1. The summed E-state index contributed by atoms with van der Waals surface area (Å²) in [7, 11) is -2.51. The molecule has 78 valence electrons. The Labute approximate surface area is 93.4 Å². The number of aromatic nitrogens is 1. The monoisotopic (exact) mass is 239 g/mol. The molecule has 3 nitrogen and oxygen atoms in total. The van der Waals surface area contributed by atoms with Crippen LogP contribution in [-0.4, -0.2) is 13.4 Å². The maximum absolute atomic E-state index is 10.8. The molecule has 0 unspecified atom stereocenters. The van der Waals surface area contributed by atoms with Crippen LogP contribution in [0.1, 0.15) is 5.01 Å². The molecule has 0 aliphatic carbocycles. The van der Waals surface area contributed by atoms with Gasteiger partial charge in [-0.2, -0.15) is 0 Å². The summed E-state index contributed by atoms with van der Waals surface area (Å²) in [5.74, 6) is 0. The summed E-state index contributed by atoms with van der Waals surface area (Å²) in [4.78, 5) is 5.47. The summed E-state index contributed by atoms with van der Waals surface area (Å²) in [6, 6.07) is 6.88. The normalized spacial score (nSPS) is 10.8. The van der Waals surface area contributed by atoms with Gasteiger partial charge >= 0.3 is 0 Å². The predicted molar refractivity (Wildman–Crippen MR) is 60.9 cm³/mol. The van der Waals surface area contributed by atoms with E-state index in [2.05, 4.69) is 4.98 Å². The standard InChI is InChI=1S/C10H9NO2S2/c1-7-11-6-10(14-7)8-3-2-4-9(5-8)15(12)13/h2-6,15H,1H3. The van der Waals surface area contributed by atoms with Crippen LogP contribution in [-0.2, 0) is 10.7 Å². The van der Waals surface area contributed by atoms with Crippen molar-refractivity contribution in [3.63, 3.8) is 0 Å². The molecule has 0 saturated carbocycles. The Hall–Kier alpha value is -1.20. The number of nitrogens with zero attached hydrogens (tertiary/aromatic N) is 1. The number of thiazole rings is 1. The van der Waals surface area contributed by atoms with Gasteiger partial charge in [0.05, 0.1) is 14.8 Å². The van der Waals surface area contributed by atoms with Crippen LogP contribution >= 0.6 is 11.3 Å². The number of rotatable bonds is 2. The van der Waals surface area contributed by atoms with Gasteiger partial charge in [0.2, 0.25) is 0 Å². The largest absolute Gasteiger partial charge is 0.249 e. The third kappa shape index (κ3) is 2.24. The van der Waals surface area contributed by atoms with Crippen LogP contribution in [0.3, 0.4) is 0 Å². The second-order valence-electron chi connectivity index (χ2n) is 3.05. The fraction of sp³-hybridized carbons (Fsp3) is 0.100. The van der Waals surface area contributed by atoms with Crippen molar-refractivity contribution in [2.24, 2.45) is 0 Å². The van der Waals surface area contributed by atoms with Gasteiger partial charge in [-0.15, -0.1) is 11.3 Å². The highest BCUT2D eigenvalue weighted by Crippen LogP contribution is 2.26. The second-order valence-corrected chi connectivity index (χ2v) is 5.32. The van der Waals surface area contributed by atoms with E-state index in [1.807, 2.05) is 13.0 Å². The number of benzene rings is 1. The van der Waals surface area contributed by atoms with Crippen molar-refractivity contribution in [3.8, 4) is 10.4 Å². The third-order valence-electron chi connectivity index (χ3n) is 1.96. The maximum atomic E-state index is 10.8. The summed E-state index contributed by atoms with van der Waals surface area (Å²) in [6.07, 6.45) is 1.76. The average molecular weight is 239 g/mol. The number of hydrogen-bond acceptors (Lipinski definition) is 4. The van der Waals surface area contributed by atoms with E-state index in [-0.39, 0.29) is 0 Å². The van der Waals surface area contributed by atoms with Crippen LogP contribution in [0, 0.1) is 6.92 Å². The SMILES string of the molecule is Cc1ncc(-c2cccc([SH](=O)=O)c2)s1. The van der Waals surface area contributed by atoms with Gasteiger partial charge < -0.3 is 0 Å². The molecule has 0 aliphatic rings. The minimum atomic E-state index is -2.51. The van der Waals surface area contributed by atoms with Crippen LogP contribution in [0.25, 0.3) is 10.4 Å². The van der Waals surface area contributed by atoms with Gasteiger partial charge in [-0.25, -0.2) is 13.4 Å². The molecule has 0 fully saturated rings. The van der Waals surface area contributed by atoms with Crippen molar-refractivity contribution in [2.45, 2.75) is 11.8 Å². The van der Waals surface area contributed by atoms with Crippen LogP contribution in [0.5, 0.6) is 0 Å². The van der Waals surface area contributed by atoms with Crippen molar-refractivity contribution < 1.29 is 8.42 Å². The zero-order valence-corrected chi connectivity index (χ0v) is 9.72. The molecule has 15 heavy (non-hydrogen) atoms. The fourth-order valence-electron chi connectivity index (χ4n) is 1.27. The molecule has 0 radical (unpaired) electrons. The first-order valence-electron chi connectivity index (χ1n) is 4.34. The summed E-state index contributed by atoms with van der Waals surface area (Å²) < 4.78 is 21.6. The number of hydrogen-bond donors (Lipinski definition) is 1. The minimum Gasteiger partial charge on any atom is -0.249 e. The van der Waals surface area contributed by atoms with E-state index in [1.165, 1.54) is 0 Å². The van der Waals surface area contributed by atoms with Gasteiger partial charge in [0.25, 0.3) is 0 Å². The molecule has 5 heteroatoms. The Morgan fingerprint density at radius 3 is 2.73 bits per heavy atom.